The first-order chi connectivity index (χ1) is 9.78. The van der Waals surface area contributed by atoms with Crippen molar-refractivity contribution in [3.05, 3.63) is 48.8 Å². The molecule has 2 N–H and O–H groups in total. The van der Waals surface area contributed by atoms with Crippen LogP contribution in [0.4, 0.5) is 5.69 Å². The predicted molar refractivity (Wildman–Crippen MR) is 76.9 cm³/mol. The van der Waals surface area contributed by atoms with E-state index in [4.69, 9.17) is 5.73 Å². The molecule has 3 rings (SSSR count). The molecule has 0 aliphatic rings. The largest absolute Gasteiger partial charge is 0.398 e. The number of hydrogen-bond acceptors (Lipinski definition) is 4. The van der Waals surface area contributed by atoms with Crippen molar-refractivity contribution in [1.29, 1.82) is 0 Å². The fourth-order valence-electron chi connectivity index (χ4n) is 2.17. The van der Waals surface area contributed by atoms with Gasteiger partial charge in [0, 0.05) is 29.6 Å². The molecule has 6 nitrogen and oxygen atoms in total. The second-order valence-corrected chi connectivity index (χ2v) is 4.51. The molecule has 6 heteroatoms. The van der Waals surface area contributed by atoms with Crippen molar-refractivity contribution in [2.75, 3.05) is 5.73 Å². The Kier molecular flexibility index (Phi) is 3.20. The van der Waals surface area contributed by atoms with Gasteiger partial charge in [-0.25, -0.2) is 9.67 Å². The van der Waals surface area contributed by atoms with Crippen LogP contribution in [-0.2, 0) is 13.1 Å². The van der Waals surface area contributed by atoms with Crippen LogP contribution in [0, 0.1) is 0 Å². The topological polar surface area (TPSA) is 74.5 Å². The Hall–Kier alpha value is -2.63. The molecule has 0 saturated carbocycles. The summed E-state index contributed by atoms with van der Waals surface area (Å²) in [6, 6.07) is 7.77. The van der Waals surface area contributed by atoms with Crippen molar-refractivity contribution in [1.82, 2.24) is 24.5 Å². The fourth-order valence-corrected chi connectivity index (χ4v) is 2.17. The van der Waals surface area contributed by atoms with Gasteiger partial charge in [-0.3, -0.25) is 4.68 Å². The van der Waals surface area contributed by atoms with E-state index in [0.29, 0.717) is 6.54 Å². The number of hydrogen-bond donors (Lipinski definition) is 1. The van der Waals surface area contributed by atoms with Gasteiger partial charge in [-0.05, 0) is 13.0 Å². The highest BCUT2D eigenvalue weighted by atomic mass is 15.4. The Morgan fingerprint density at radius 2 is 2.05 bits per heavy atom. The van der Waals surface area contributed by atoms with Gasteiger partial charge in [-0.1, -0.05) is 18.2 Å². The van der Waals surface area contributed by atoms with Crippen molar-refractivity contribution in [3.8, 4) is 11.1 Å². The number of aromatic nitrogens is 5. The zero-order valence-electron chi connectivity index (χ0n) is 11.3. The molecule has 0 saturated heterocycles. The van der Waals surface area contributed by atoms with Crippen molar-refractivity contribution in [2.24, 2.45) is 0 Å². The number of nitrogens with zero attached hydrogens (tertiary/aromatic N) is 5. The van der Waals surface area contributed by atoms with Crippen LogP contribution in [0.3, 0.4) is 0 Å². The molecule has 0 radical (unpaired) electrons. The Bertz CT molecular complexity index is 712. The molecule has 0 bridgehead atoms. The predicted octanol–water partition coefficient (Wildman–Crippen LogP) is 1.79. The average molecular weight is 268 g/mol. The third-order valence-corrected chi connectivity index (χ3v) is 3.20. The minimum absolute atomic E-state index is 0.598. The molecule has 0 amide bonds. The zero-order valence-corrected chi connectivity index (χ0v) is 11.3. The minimum atomic E-state index is 0.598. The summed E-state index contributed by atoms with van der Waals surface area (Å²) in [5.74, 6) is 0.892. The summed E-state index contributed by atoms with van der Waals surface area (Å²) in [5.41, 5.74) is 8.73. The van der Waals surface area contributed by atoms with Crippen molar-refractivity contribution < 1.29 is 0 Å². The lowest BCUT2D eigenvalue weighted by Gasteiger charge is -2.03. The van der Waals surface area contributed by atoms with Crippen LogP contribution in [0.5, 0.6) is 0 Å². The van der Waals surface area contributed by atoms with Crippen LogP contribution in [0.15, 0.2) is 43.0 Å². The van der Waals surface area contributed by atoms with Crippen LogP contribution < -0.4 is 5.73 Å². The molecule has 0 atom stereocenters. The van der Waals surface area contributed by atoms with Gasteiger partial charge in [0.15, 0.2) is 0 Å². The maximum Gasteiger partial charge on any atom is 0.148 e. The minimum Gasteiger partial charge on any atom is -0.398 e. The van der Waals surface area contributed by atoms with Crippen LogP contribution in [0.25, 0.3) is 11.1 Å². The van der Waals surface area contributed by atoms with Gasteiger partial charge >= 0.3 is 0 Å². The van der Waals surface area contributed by atoms with Gasteiger partial charge < -0.3 is 5.73 Å². The SMILES string of the molecule is CCn1ncnc1Cn1cc(-c2ccccc2N)cn1. The second-order valence-electron chi connectivity index (χ2n) is 4.51. The van der Waals surface area contributed by atoms with Crippen LogP contribution in [0.1, 0.15) is 12.7 Å². The van der Waals surface area contributed by atoms with Gasteiger partial charge in [0.1, 0.15) is 18.7 Å². The summed E-state index contributed by atoms with van der Waals surface area (Å²) in [7, 11) is 0. The number of aryl methyl sites for hydroxylation is 1. The number of rotatable bonds is 4. The van der Waals surface area contributed by atoms with Crippen molar-refractivity contribution in [2.45, 2.75) is 20.0 Å². The molecule has 0 aliphatic heterocycles. The molecule has 1 aromatic carbocycles. The Labute approximate surface area is 116 Å². The lowest BCUT2D eigenvalue weighted by Crippen LogP contribution is -2.09. The first kappa shape index (κ1) is 12.4. The average Bonchev–Trinajstić information content (AvgIpc) is 3.09. The monoisotopic (exact) mass is 268 g/mol. The Balaban J connectivity index is 1.86. The van der Waals surface area contributed by atoms with Gasteiger partial charge in [0.05, 0.1) is 6.20 Å². The third-order valence-electron chi connectivity index (χ3n) is 3.20. The molecule has 0 unspecified atom stereocenters. The summed E-state index contributed by atoms with van der Waals surface area (Å²) in [6.45, 7) is 3.44. The van der Waals surface area contributed by atoms with Crippen LogP contribution in [0.2, 0.25) is 0 Å². The molecular formula is C14H16N6. The highest BCUT2D eigenvalue weighted by Crippen LogP contribution is 2.24. The van der Waals surface area contributed by atoms with E-state index in [2.05, 4.69) is 15.2 Å². The maximum atomic E-state index is 5.98. The zero-order chi connectivity index (χ0) is 13.9. The van der Waals surface area contributed by atoms with Gasteiger partial charge in [0.2, 0.25) is 0 Å². The second kappa shape index (κ2) is 5.16. The lowest BCUT2D eigenvalue weighted by molar-refractivity contribution is 0.568. The van der Waals surface area contributed by atoms with E-state index < -0.39 is 0 Å². The van der Waals surface area contributed by atoms with Crippen molar-refractivity contribution >= 4 is 5.69 Å². The summed E-state index contributed by atoms with van der Waals surface area (Å²) >= 11 is 0. The van der Waals surface area contributed by atoms with E-state index in [1.54, 1.807) is 6.33 Å². The molecule has 2 heterocycles. The number of benzene rings is 1. The first-order valence-corrected chi connectivity index (χ1v) is 6.52. The van der Waals surface area contributed by atoms with E-state index in [-0.39, 0.29) is 0 Å². The highest BCUT2D eigenvalue weighted by Gasteiger charge is 2.08. The first-order valence-electron chi connectivity index (χ1n) is 6.52. The summed E-state index contributed by atoms with van der Waals surface area (Å²) in [5, 5.41) is 8.52. The molecule has 3 aromatic rings. The number of nitrogens with two attached hydrogens (primary N) is 1. The fraction of sp³-hybridized carbons (Fsp3) is 0.214. The molecule has 0 aliphatic carbocycles. The summed E-state index contributed by atoms with van der Waals surface area (Å²) < 4.78 is 3.70. The van der Waals surface area contributed by atoms with Gasteiger partial charge in [-0.2, -0.15) is 10.2 Å². The summed E-state index contributed by atoms with van der Waals surface area (Å²) in [4.78, 5) is 4.25. The van der Waals surface area contributed by atoms with E-state index in [1.807, 2.05) is 52.9 Å². The van der Waals surface area contributed by atoms with Gasteiger partial charge in [0.25, 0.3) is 0 Å². The highest BCUT2D eigenvalue weighted by molar-refractivity contribution is 5.75. The van der Waals surface area contributed by atoms with Gasteiger partial charge in [-0.15, -0.1) is 0 Å². The molecule has 20 heavy (non-hydrogen) atoms. The van der Waals surface area contributed by atoms with Crippen LogP contribution in [-0.4, -0.2) is 24.5 Å². The Morgan fingerprint density at radius 3 is 2.85 bits per heavy atom. The molecule has 2 aromatic heterocycles. The molecule has 0 fully saturated rings. The number of para-hydroxylation sites is 1. The number of nitrogen functional groups attached to an aromatic ring is 1. The molecule has 102 valence electrons. The summed E-state index contributed by atoms with van der Waals surface area (Å²) in [6.07, 6.45) is 5.36. The Morgan fingerprint density at radius 1 is 1.20 bits per heavy atom. The van der Waals surface area contributed by atoms with E-state index in [9.17, 15) is 0 Å². The van der Waals surface area contributed by atoms with E-state index in [0.717, 1.165) is 29.2 Å². The van der Waals surface area contributed by atoms with Crippen molar-refractivity contribution in [3.63, 3.8) is 0 Å². The lowest BCUT2D eigenvalue weighted by atomic mass is 10.1. The molecular weight excluding hydrogens is 252 g/mol. The van der Waals surface area contributed by atoms with Crippen LogP contribution >= 0.6 is 0 Å². The normalized spacial score (nSPS) is 10.8. The quantitative estimate of drug-likeness (QED) is 0.732. The third kappa shape index (κ3) is 2.27. The van der Waals surface area contributed by atoms with E-state index in [1.165, 1.54) is 0 Å². The smallest absolute Gasteiger partial charge is 0.148 e. The number of anilines is 1. The molecule has 0 spiro atoms. The maximum absolute atomic E-state index is 5.98. The standard InChI is InChI=1S/C14H16N6/c1-2-20-14(16-10-18-20)9-19-8-11(7-17-19)12-5-3-4-6-13(12)15/h3-8,10H,2,9,15H2,1H3. The van der Waals surface area contributed by atoms with E-state index >= 15 is 0 Å².